The van der Waals surface area contributed by atoms with Gasteiger partial charge in [-0.2, -0.15) is 0 Å². The minimum Gasteiger partial charge on any atom is -0.309 e. The van der Waals surface area contributed by atoms with Gasteiger partial charge in [-0.1, -0.05) is 133 Å². The van der Waals surface area contributed by atoms with Crippen LogP contribution in [0.5, 0.6) is 0 Å². The molecule has 0 radical (unpaired) electrons. The van der Waals surface area contributed by atoms with Crippen molar-refractivity contribution in [3.63, 3.8) is 0 Å². The maximum atomic E-state index is 5.40. The lowest BCUT2D eigenvalue weighted by Gasteiger charge is -2.16. The van der Waals surface area contributed by atoms with Gasteiger partial charge in [0, 0.05) is 90.0 Å². The zero-order valence-electron chi connectivity index (χ0n) is 34.2. The number of thiophene rings is 2. The maximum Gasteiger partial charge on any atom is 0.160 e. The van der Waals surface area contributed by atoms with Gasteiger partial charge in [0.15, 0.2) is 5.82 Å². The molecule has 9 aromatic carbocycles. The number of aromatic nitrogens is 4. The van der Waals surface area contributed by atoms with Crippen molar-refractivity contribution < 1.29 is 0 Å². The van der Waals surface area contributed by atoms with Crippen LogP contribution in [-0.2, 0) is 0 Å². The van der Waals surface area contributed by atoms with Crippen molar-refractivity contribution >= 4 is 107 Å². The smallest absolute Gasteiger partial charge is 0.160 e. The van der Waals surface area contributed by atoms with E-state index in [1.54, 1.807) is 0 Å². The van der Waals surface area contributed by atoms with E-state index in [9.17, 15) is 0 Å². The van der Waals surface area contributed by atoms with E-state index < -0.39 is 0 Å². The summed E-state index contributed by atoms with van der Waals surface area (Å²) in [4.78, 5) is 10.8. The fourth-order valence-electron chi connectivity index (χ4n) is 10.0. The Morgan fingerprint density at radius 2 is 0.703 bits per heavy atom. The first-order chi connectivity index (χ1) is 31.7. The van der Waals surface area contributed by atoms with Gasteiger partial charge in [0.2, 0.25) is 0 Å². The summed E-state index contributed by atoms with van der Waals surface area (Å²) in [5, 5.41) is 10.1. The summed E-state index contributed by atoms with van der Waals surface area (Å²) in [5.74, 6) is 0.670. The number of nitrogens with zero attached hydrogens (tertiary/aromatic N) is 4. The van der Waals surface area contributed by atoms with Crippen LogP contribution in [0.2, 0.25) is 0 Å². The third-order valence-corrected chi connectivity index (χ3v) is 15.2. The minimum absolute atomic E-state index is 0.670. The summed E-state index contributed by atoms with van der Waals surface area (Å²) in [6, 6.07) is 74.8. The van der Waals surface area contributed by atoms with Crippen molar-refractivity contribution in [3.8, 4) is 45.3 Å². The highest BCUT2D eigenvalue weighted by molar-refractivity contribution is 7.26. The largest absolute Gasteiger partial charge is 0.309 e. The fraction of sp³-hybridized carbons (Fsp3) is 0. The molecule has 64 heavy (non-hydrogen) atoms. The fourth-order valence-corrected chi connectivity index (χ4v) is 12.2. The zero-order valence-corrected chi connectivity index (χ0v) is 35.9. The molecule has 5 aromatic heterocycles. The molecule has 0 saturated heterocycles. The molecular weight excluding hydrogens is 817 g/mol. The number of para-hydroxylation sites is 2. The van der Waals surface area contributed by atoms with Crippen LogP contribution in [0.15, 0.2) is 206 Å². The minimum atomic E-state index is 0.670. The predicted octanol–water partition coefficient (Wildman–Crippen LogP) is 16.4. The van der Waals surface area contributed by atoms with Crippen LogP contribution in [0.1, 0.15) is 0 Å². The van der Waals surface area contributed by atoms with Crippen molar-refractivity contribution in [1.29, 1.82) is 0 Å². The number of rotatable bonds is 5. The molecule has 0 N–H and O–H groups in total. The Bertz CT molecular complexity index is 3930. The van der Waals surface area contributed by atoms with Gasteiger partial charge in [0.1, 0.15) is 0 Å². The molecule has 0 aliphatic heterocycles. The van der Waals surface area contributed by atoms with Crippen LogP contribution >= 0.6 is 22.7 Å². The Kier molecular flexibility index (Phi) is 7.69. The molecule has 14 aromatic rings. The van der Waals surface area contributed by atoms with E-state index in [0.717, 1.165) is 50.5 Å². The molecule has 298 valence electrons. The molecule has 0 aliphatic rings. The SMILES string of the molecule is c1ccc(-c2cc(-c3ccccc3)nc(-c3cc(-n4c5ccccc5c5cc6c(cc54)sc4ccccc46)cc(-n4c5ccccc5c5cc6c(cc54)sc4ccccc46)c3)n2)cc1. The van der Waals surface area contributed by atoms with Crippen LogP contribution in [-0.4, -0.2) is 19.1 Å². The second-order valence-corrected chi connectivity index (χ2v) is 18.7. The normalized spacial score (nSPS) is 12.1. The highest BCUT2D eigenvalue weighted by Gasteiger charge is 2.21. The highest BCUT2D eigenvalue weighted by Crippen LogP contribution is 2.44. The number of benzene rings is 9. The van der Waals surface area contributed by atoms with E-state index in [-0.39, 0.29) is 0 Å². The lowest BCUT2D eigenvalue weighted by Crippen LogP contribution is -2.02. The Hall–Kier alpha value is -7.90. The van der Waals surface area contributed by atoms with Crippen molar-refractivity contribution in [2.75, 3.05) is 0 Å². The van der Waals surface area contributed by atoms with Gasteiger partial charge in [0.25, 0.3) is 0 Å². The summed E-state index contributed by atoms with van der Waals surface area (Å²) in [7, 11) is 0. The summed E-state index contributed by atoms with van der Waals surface area (Å²) >= 11 is 3.72. The molecular formula is C58H34N4S2. The molecule has 0 amide bonds. The van der Waals surface area contributed by atoms with Crippen LogP contribution in [0, 0.1) is 0 Å². The molecule has 0 spiro atoms. The van der Waals surface area contributed by atoms with Crippen molar-refractivity contribution in [2.45, 2.75) is 0 Å². The van der Waals surface area contributed by atoms with Crippen molar-refractivity contribution in [1.82, 2.24) is 19.1 Å². The van der Waals surface area contributed by atoms with E-state index in [2.05, 4.69) is 215 Å². The molecule has 0 bridgehead atoms. The Morgan fingerprint density at radius 3 is 1.19 bits per heavy atom. The average molecular weight is 851 g/mol. The number of hydrogen-bond acceptors (Lipinski definition) is 4. The predicted molar refractivity (Wildman–Crippen MR) is 273 cm³/mol. The monoisotopic (exact) mass is 850 g/mol. The van der Waals surface area contributed by atoms with Crippen LogP contribution in [0.4, 0.5) is 0 Å². The van der Waals surface area contributed by atoms with Gasteiger partial charge < -0.3 is 9.13 Å². The van der Waals surface area contributed by atoms with Gasteiger partial charge in [-0.3, -0.25) is 0 Å². The molecule has 0 atom stereocenters. The van der Waals surface area contributed by atoms with E-state index in [0.29, 0.717) is 5.82 Å². The third-order valence-electron chi connectivity index (χ3n) is 12.9. The summed E-state index contributed by atoms with van der Waals surface area (Å²) in [6.07, 6.45) is 0. The molecule has 0 saturated carbocycles. The second-order valence-electron chi connectivity index (χ2n) is 16.6. The van der Waals surface area contributed by atoms with Gasteiger partial charge in [-0.05, 0) is 72.8 Å². The van der Waals surface area contributed by atoms with E-state index >= 15 is 0 Å². The van der Waals surface area contributed by atoms with Crippen molar-refractivity contribution in [2.24, 2.45) is 0 Å². The van der Waals surface area contributed by atoms with Crippen LogP contribution in [0.3, 0.4) is 0 Å². The van der Waals surface area contributed by atoms with Crippen LogP contribution in [0.25, 0.3) is 129 Å². The van der Waals surface area contributed by atoms with Crippen LogP contribution < -0.4 is 0 Å². The lowest BCUT2D eigenvalue weighted by atomic mass is 10.1. The van der Waals surface area contributed by atoms with Gasteiger partial charge >= 0.3 is 0 Å². The molecule has 5 heterocycles. The number of fused-ring (bicyclic) bond motifs is 12. The summed E-state index contributed by atoms with van der Waals surface area (Å²) in [5.41, 5.74) is 11.5. The zero-order chi connectivity index (χ0) is 41.9. The number of hydrogen-bond donors (Lipinski definition) is 0. The van der Waals surface area contributed by atoms with Crippen molar-refractivity contribution in [3.05, 3.63) is 206 Å². The highest BCUT2D eigenvalue weighted by atomic mass is 32.1. The Morgan fingerprint density at radius 1 is 0.281 bits per heavy atom. The lowest BCUT2D eigenvalue weighted by molar-refractivity contribution is 1.12. The second kappa shape index (κ2) is 13.8. The molecule has 14 rings (SSSR count). The first-order valence-electron chi connectivity index (χ1n) is 21.6. The summed E-state index contributed by atoms with van der Waals surface area (Å²) < 4.78 is 10.1. The van der Waals surface area contributed by atoms with Gasteiger partial charge in [-0.15, -0.1) is 22.7 Å². The quantitative estimate of drug-likeness (QED) is 0.173. The average Bonchev–Trinajstić information content (AvgIpc) is 4.10. The third kappa shape index (κ3) is 5.40. The Balaban J connectivity index is 1.10. The molecule has 4 nitrogen and oxygen atoms in total. The molecule has 0 fully saturated rings. The first kappa shape index (κ1) is 35.7. The first-order valence-corrected chi connectivity index (χ1v) is 23.2. The maximum absolute atomic E-state index is 5.40. The molecule has 0 aliphatic carbocycles. The Labute approximate surface area is 375 Å². The van der Waals surface area contributed by atoms with E-state index in [1.165, 1.54) is 72.9 Å². The molecule has 0 unspecified atom stereocenters. The van der Waals surface area contributed by atoms with Gasteiger partial charge in [-0.25, -0.2) is 9.97 Å². The van der Waals surface area contributed by atoms with Gasteiger partial charge in [0.05, 0.1) is 33.5 Å². The topological polar surface area (TPSA) is 35.6 Å². The molecule has 6 heteroatoms. The van der Waals surface area contributed by atoms with E-state index in [1.807, 2.05) is 22.7 Å². The summed E-state index contributed by atoms with van der Waals surface area (Å²) in [6.45, 7) is 0. The standard InChI is InChI=1S/C58H34N4S2/c1-3-15-35(16-4-1)48-32-49(36-17-5-2-6-18-36)60-58(59-48)37-27-38(61-50-23-11-7-19-40(50)44-30-46-42-21-9-13-25-54(42)63-56(46)33-52(44)61)29-39(28-37)62-51-24-12-8-20-41(51)45-31-47-43-22-10-14-26-55(43)64-57(47)34-53(45)62/h1-34H. The van der Waals surface area contributed by atoms with E-state index in [4.69, 9.17) is 9.97 Å².